The maximum absolute atomic E-state index is 11.4. The molecule has 5 nitrogen and oxygen atoms in total. The number of nitrogens with zero attached hydrogens (tertiary/aromatic N) is 2. The van der Waals surface area contributed by atoms with E-state index in [1.54, 1.807) is 12.1 Å². The minimum absolute atomic E-state index is 0.0966. The van der Waals surface area contributed by atoms with Crippen molar-refractivity contribution in [3.8, 4) is 0 Å². The Bertz CT molecular complexity index is 507. The Balaban J connectivity index is 2.36. The standard InChI is InChI=1S/C14H19ClN2O3/c1-16(2)7-10-6-11(18)8-17(10)13-4-3-9(15)5-12(13)14(19)20/h3-5,10-11,18H,6-8H2,1-2H3,(H,19,20). The SMILES string of the molecule is CN(C)CC1CC(O)CN1c1ccc(Cl)cc1C(=O)O. The average molecular weight is 299 g/mol. The van der Waals surface area contributed by atoms with Gasteiger partial charge in [0.1, 0.15) is 0 Å². The largest absolute Gasteiger partial charge is 0.478 e. The number of aliphatic hydroxyl groups is 1. The smallest absolute Gasteiger partial charge is 0.337 e. The van der Waals surface area contributed by atoms with E-state index >= 15 is 0 Å². The molecule has 1 heterocycles. The summed E-state index contributed by atoms with van der Waals surface area (Å²) in [5, 5.41) is 19.6. The lowest BCUT2D eigenvalue weighted by Gasteiger charge is -2.29. The molecule has 0 spiro atoms. The van der Waals surface area contributed by atoms with Crippen LogP contribution in [0, 0.1) is 0 Å². The third-order valence-electron chi connectivity index (χ3n) is 3.47. The van der Waals surface area contributed by atoms with E-state index in [9.17, 15) is 15.0 Å². The molecule has 0 radical (unpaired) electrons. The fraction of sp³-hybridized carbons (Fsp3) is 0.500. The Kier molecular flexibility index (Phi) is 4.52. The van der Waals surface area contributed by atoms with Crippen molar-refractivity contribution in [1.82, 2.24) is 4.90 Å². The first kappa shape index (κ1) is 15.1. The van der Waals surface area contributed by atoms with Crippen molar-refractivity contribution < 1.29 is 15.0 Å². The molecule has 2 atom stereocenters. The van der Waals surface area contributed by atoms with Crippen molar-refractivity contribution in [3.05, 3.63) is 28.8 Å². The number of carboxylic acids is 1. The van der Waals surface area contributed by atoms with Crippen LogP contribution in [0.4, 0.5) is 5.69 Å². The van der Waals surface area contributed by atoms with Gasteiger partial charge in [-0.25, -0.2) is 4.79 Å². The normalized spacial score (nSPS) is 22.6. The van der Waals surface area contributed by atoms with Crippen LogP contribution >= 0.6 is 11.6 Å². The van der Waals surface area contributed by atoms with E-state index in [4.69, 9.17) is 11.6 Å². The Morgan fingerprint density at radius 3 is 2.80 bits per heavy atom. The number of β-amino-alcohol motifs (C(OH)–C–C–N with tert-alkyl or cyclic N) is 1. The van der Waals surface area contributed by atoms with Crippen molar-refractivity contribution in [2.45, 2.75) is 18.6 Å². The summed E-state index contributed by atoms with van der Waals surface area (Å²) in [4.78, 5) is 15.4. The summed E-state index contributed by atoms with van der Waals surface area (Å²) >= 11 is 5.88. The highest BCUT2D eigenvalue weighted by molar-refractivity contribution is 6.31. The highest BCUT2D eigenvalue weighted by atomic mass is 35.5. The van der Waals surface area contributed by atoms with Crippen molar-refractivity contribution in [1.29, 1.82) is 0 Å². The van der Waals surface area contributed by atoms with E-state index in [1.165, 1.54) is 6.07 Å². The predicted octanol–water partition coefficient (Wildman–Crippen LogP) is 1.54. The van der Waals surface area contributed by atoms with Crippen LogP contribution in [0.25, 0.3) is 0 Å². The number of hydrogen-bond acceptors (Lipinski definition) is 4. The maximum atomic E-state index is 11.4. The van der Waals surface area contributed by atoms with Crippen molar-refractivity contribution in [3.63, 3.8) is 0 Å². The van der Waals surface area contributed by atoms with Crippen LogP contribution in [0.2, 0.25) is 5.02 Å². The highest BCUT2D eigenvalue weighted by Crippen LogP contribution is 2.31. The molecule has 6 heteroatoms. The monoisotopic (exact) mass is 298 g/mol. The molecule has 1 aliphatic rings. The molecule has 2 unspecified atom stereocenters. The van der Waals surface area contributed by atoms with Gasteiger partial charge in [-0.05, 0) is 38.7 Å². The van der Waals surface area contributed by atoms with Crippen LogP contribution < -0.4 is 4.90 Å². The molecule has 0 bridgehead atoms. The molecule has 20 heavy (non-hydrogen) atoms. The summed E-state index contributed by atoms with van der Waals surface area (Å²) in [6, 6.07) is 4.95. The summed E-state index contributed by atoms with van der Waals surface area (Å²) in [5.74, 6) is -1.01. The molecule has 110 valence electrons. The lowest BCUT2D eigenvalue weighted by atomic mass is 10.1. The lowest BCUT2D eigenvalue weighted by Crippen LogP contribution is -2.38. The summed E-state index contributed by atoms with van der Waals surface area (Å²) < 4.78 is 0. The summed E-state index contributed by atoms with van der Waals surface area (Å²) in [6.45, 7) is 1.21. The van der Waals surface area contributed by atoms with Crippen LogP contribution in [-0.4, -0.2) is 60.4 Å². The quantitative estimate of drug-likeness (QED) is 0.883. The first-order valence-electron chi connectivity index (χ1n) is 6.50. The van der Waals surface area contributed by atoms with E-state index in [1.807, 2.05) is 23.9 Å². The topological polar surface area (TPSA) is 64.0 Å². The van der Waals surface area contributed by atoms with Crippen LogP contribution in [0.3, 0.4) is 0 Å². The second-order valence-electron chi connectivity index (χ2n) is 5.42. The molecule has 1 fully saturated rings. The second-order valence-corrected chi connectivity index (χ2v) is 5.86. The van der Waals surface area contributed by atoms with E-state index in [-0.39, 0.29) is 11.6 Å². The summed E-state index contributed by atoms with van der Waals surface area (Å²) in [7, 11) is 3.92. The van der Waals surface area contributed by atoms with E-state index in [2.05, 4.69) is 0 Å². The molecular formula is C14H19ClN2O3. The molecule has 2 rings (SSSR count). The number of carboxylic acid groups (broad SMARTS) is 1. The molecule has 2 N–H and O–H groups in total. The zero-order valence-corrected chi connectivity index (χ0v) is 12.3. The molecule has 1 aromatic rings. The molecule has 0 aromatic heterocycles. The van der Waals surface area contributed by atoms with Gasteiger partial charge in [-0.1, -0.05) is 11.6 Å². The van der Waals surface area contributed by atoms with Gasteiger partial charge in [0.05, 0.1) is 17.4 Å². The van der Waals surface area contributed by atoms with Gasteiger partial charge < -0.3 is 20.0 Å². The highest BCUT2D eigenvalue weighted by Gasteiger charge is 2.33. The van der Waals surface area contributed by atoms with Crippen molar-refractivity contribution >= 4 is 23.3 Å². The Morgan fingerprint density at radius 1 is 1.50 bits per heavy atom. The van der Waals surface area contributed by atoms with Gasteiger partial charge in [-0.3, -0.25) is 0 Å². The Morgan fingerprint density at radius 2 is 2.20 bits per heavy atom. The zero-order chi connectivity index (χ0) is 14.9. The minimum atomic E-state index is -1.01. The van der Waals surface area contributed by atoms with Gasteiger partial charge in [0.25, 0.3) is 0 Å². The van der Waals surface area contributed by atoms with Gasteiger partial charge in [-0.15, -0.1) is 0 Å². The lowest BCUT2D eigenvalue weighted by molar-refractivity contribution is 0.0697. The fourth-order valence-corrected chi connectivity index (χ4v) is 2.88. The number of rotatable bonds is 4. The molecule has 1 aliphatic heterocycles. The van der Waals surface area contributed by atoms with Crippen LogP contribution in [0.15, 0.2) is 18.2 Å². The number of carbonyl (C=O) groups is 1. The van der Waals surface area contributed by atoms with Gasteiger partial charge in [-0.2, -0.15) is 0 Å². The maximum Gasteiger partial charge on any atom is 0.337 e. The van der Waals surface area contributed by atoms with Crippen LogP contribution in [-0.2, 0) is 0 Å². The van der Waals surface area contributed by atoms with Gasteiger partial charge in [0, 0.05) is 24.2 Å². The number of benzene rings is 1. The third kappa shape index (κ3) is 3.23. The van der Waals surface area contributed by atoms with E-state index in [0.29, 0.717) is 23.7 Å². The van der Waals surface area contributed by atoms with Crippen molar-refractivity contribution in [2.24, 2.45) is 0 Å². The molecule has 0 amide bonds. The Labute approximate surface area is 123 Å². The second kappa shape index (κ2) is 5.99. The number of aliphatic hydroxyl groups excluding tert-OH is 1. The average Bonchev–Trinajstić information content (AvgIpc) is 2.69. The molecule has 1 saturated heterocycles. The Hall–Kier alpha value is -1.30. The fourth-order valence-electron chi connectivity index (χ4n) is 2.71. The molecule has 0 saturated carbocycles. The van der Waals surface area contributed by atoms with Crippen LogP contribution in [0.5, 0.6) is 0 Å². The van der Waals surface area contributed by atoms with E-state index < -0.39 is 12.1 Å². The first-order valence-corrected chi connectivity index (χ1v) is 6.88. The third-order valence-corrected chi connectivity index (χ3v) is 3.70. The van der Waals surface area contributed by atoms with Crippen LogP contribution in [0.1, 0.15) is 16.8 Å². The number of aromatic carboxylic acids is 1. The predicted molar refractivity (Wildman–Crippen MR) is 78.7 cm³/mol. The van der Waals surface area contributed by atoms with Gasteiger partial charge >= 0.3 is 5.97 Å². The van der Waals surface area contributed by atoms with Gasteiger partial charge in [0.2, 0.25) is 0 Å². The zero-order valence-electron chi connectivity index (χ0n) is 11.6. The minimum Gasteiger partial charge on any atom is -0.478 e. The number of anilines is 1. The van der Waals surface area contributed by atoms with E-state index in [0.717, 1.165) is 6.54 Å². The number of likely N-dealkylation sites (N-methyl/N-ethyl adjacent to an activating group) is 1. The van der Waals surface area contributed by atoms with Crippen molar-refractivity contribution in [2.75, 3.05) is 32.1 Å². The summed E-state index contributed by atoms with van der Waals surface area (Å²) in [5.41, 5.74) is 0.792. The molecule has 1 aromatic carbocycles. The molecule has 0 aliphatic carbocycles. The van der Waals surface area contributed by atoms with Gasteiger partial charge in [0.15, 0.2) is 0 Å². The molecular weight excluding hydrogens is 280 g/mol. The number of halogens is 1. The number of hydrogen-bond donors (Lipinski definition) is 2. The summed E-state index contributed by atoms with van der Waals surface area (Å²) in [6.07, 6.45) is 0.206. The first-order chi connectivity index (χ1) is 9.38.